The van der Waals surface area contributed by atoms with Crippen molar-refractivity contribution in [1.82, 2.24) is 19.8 Å². The number of rotatable bonds is 4. The zero-order valence-electron chi connectivity index (χ0n) is 22.6. The maximum Gasteiger partial charge on any atom is 0.328 e. The fourth-order valence-electron chi connectivity index (χ4n) is 6.81. The number of hydrogen-bond acceptors (Lipinski definition) is 4. The van der Waals surface area contributed by atoms with Crippen molar-refractivity contribution >= 4 is 28.7 Å². The lowest BCUT2D eigenvalue weighted by Gasteiger charge is -2.52. The van der Waals surface area contributed by atoms with E-state index in [2.05, 4.69) is 70.1 Å². The molecular weight excluding hydrogens is 486 g/mol. The number of amides is 3. The van der Waals surface area contributed by atoms with E-state index in [0.717, 1.165) is 36.5 Å². The fraction of sp³-hybridized carbons (Fsp3) is 0.469. The molecule has 7 rings (SSSR count). The highest BCUT2D eigenvalue weighted by Gasteiger charge is 2.47. The Kier molecular flexibility index (Phi) is 5.97. The Hall–Kier alpha value is -3.63. The van der Waals surface area contributed by atoms with Gasteiger partial charge in [0.05, 0.1) is 18.4 Å². The van der Waals surface area contributed by atoms with Crippen LogP contribution in [0.5, 0.6) is 0 Å². The average Bonchev–Trinajstić information content (AvgIpc) is 3.68. The van der Waals surface area contributed by atoms with Crippen LogP contribution < -0.4 is 10.2 Å². The lowest BCUT2D eigenvalue weighted by molar-refractivity contribution is -0.120. The molecule has 0 unspecified atom stereocenters. The summed E-state index contributed by atoms with van der Waals surface area (Å²) in [5, 5.41) is 3.60. The molecule has 2 aliphatic carbocycles. The predicted molar refractivity (Wildman–Crippen MR) is 152 cm³/mol. The van der Waals surface area contributed by atoms with E-state index in [4.69, 9.17) is 4.98 Å². The summed E-state index contributed by atoms with van der Waals surface area (Å²) in [6.45, 7) is 5.60. The largest absolute Gasteiger partial charge is 0.329 e. The number of likely N-dealkylation sites (tertiary alicyclic amines) is 1. The number of piperidine rings is 1. The summed E-state index contributed by atoms with van der Waals surface area (Å²) in [4.78, 5) is 33.1. The Morgan fingerprint density at radius 3 is 2.67 bits per heavy atom. The lowest BCUT2D eigenvalue weighted by Crippen LogP contribution is -2.49. The van der Waals surface area contributed by atoms with Crippen molar-refractivity contribution in [3.8, 4) is 11.8 Å². The number of nitrogens with zero attached hydrogens (tertiary/aromatic N) is 4. The Morgan fingerprint density at radius 2 is 1.92 bits per heavy atom. The lowest BCUT2D eigenvalue weighted by atomic mass is 9.60. The van der Waals surface area contributed by atoms with E-state index < -0.39 is 0 Å². The first-order valence-electron chi connectivity index (χ1n) is 14.4. The molecular formula is C32H35N5O2. The van der Waals surface area contributed by atoms with Crippen LogP contribution in [0, 0.1) is 24.2 Å². The van der Waals surface area contributed by atoms with E-state index in [1.54, 1.807) is 11.1 Å². The van der Waals surface area contributed by atoms with Gasteiger partial charge in [0.15, 0.2) is 0 Å². The van der Waals surface area contributed by atoms with Crippen LogP contribution in [-0.2, 0) is 4.79 Å². The van der Waals surface area contributed by atoms with E-state index >= 15 is 0 Å². The molecule has 3 amide bonds. The number of aryl methyl sites for hydroxylation is 1. The molecule has 4 aliphatic rings. The molecule has 7 heteroatoms. The Morgan fingerprint density at radius 1 is 1.10 bits per heavy atom. The van der Waals surface area contributed by atoms with Crippen molar-refractivity contribution in [1.29, 1.82) is 0 Å². The van der Waals surface area contributed by atoms with Crippen LogP contribution in [0.4, 0.5) is 10.5 Å². The summed E-state index contributed by atoms with van der Waals surface area (Å²) in [6.07, 6.45) is 11.8. The maximum absolute atomic E-state index is 12.4. The second-order valence-electron chi connectivity index (χ2n) is 12.1. The number of nitrogens with one attached hydrogen (secondary N) is 1. The highest BCUT2D eigenvalue weighted by Crippen LogP contribution is 2.56. The fourth-order valence-corrected chi connectivity index (χ4v) is 6.81. The molecule has 0 radical (unpaired) electrons. The van der Waals surface area contributed by atoms with Crippen LogP contribution in [0.3, 0.4) is 0 Å². The number of benzene rings is 1. The third kappa shape index (κ3) is 4.72. The van der Waals surface area contributed by atoms with Gasteiger partial charge in [-0.1, -0.05) is 24.0 Å². The quantitative estimate of drug-likeness (QED) is 0.483. The zero-order chi connectivity index (χ0) is 26.6. The smallest absolute Gasteiger partial charge is 0.328 e. The van der Waals surface area contributed by atoms with E-state index in [1.165, 1.54) is 55.0 Å². The molecule has 7 nitrogen and oxygen atoms in total. The first-order chi connectivity index (χ1) is 19.0. The van der Waals surface area contributed by atoms with E-state index in [0.29, 0.717) is 30.3 Å². The number of anilines is 1. The first-order valence-corrected chi connectivity index (χ1v) is 14.4. The van der Waals surface area contributed by atoms with Gasteiger partial charge >= 0.3 is 6.03 Å². The topological polar surface area (TPSA) is 70.5 Å². The van der Waals surface area contributed by atoms with E-state index in [9.17, 15) is 9.59 Å². The summed E-state index contributed by atoms with van der Waals surface area (Å²) in [5.41, 5.74) is 5.98. The Balaban J connectivity index is 1.02. The first kappa shape index (κ1) is 24.4. The standard InChI is InChI=1S/C32H35N5O2/c1-22-4-2-5-23(16-22)6-3-12-35-14-10-32(11-15-35)18-26(19-32)37-21-28(24-7-8-24)27-17-25(20-33-30(27)37)36-13-9-29(38)34-31(36)39/h2,4-5,16-17,20-21,24,26H,7-15,18-19H2,1H3,(H,34,38,39). The number of aromatic nitrogens is 2. The monoisotopic (exact) mass is 521 g/mol. The SMILES string of the molecule is Cc1cccc(C#CCN2CCC3(CC2)CC(n2cc(C4CC4)c4cc(N5CCC(=O)NC5=O)cnc42)C3)c1. The number of carbonyl (C=O) groups is 2. The Labute approximate surface area is 229 Å². The van der Waals surface area contributed by atoms with Crippen LogP contribution >= 0.6 is 0 Å². The number of imide groups is 1. The van der Waals surface area contributed by atoms with Gasteiger partial charge in [-0.05, 0) is 99.2 Å². The summed E-state index contributed by atoms with van der Waals surface area (Å²) in [6, 6.07) is 10.7. The van der Waals surface area contributed by atoms with Gasteiger partial charge in [0, 0.05) is 36.2 Å². The second-order valence-corrected chi connectivity index (χ2v) is 12.1. The van der Waals surface area contributed by atoms with Gasteiger partial charge in [0.1, 0.15) is 5.65 Å². The van der Waals surface area contributed by atoms with E-state index in [-0.39, 0.29) is 11.9 Å². The molecule has 3 aromatic rings. The normalized spacial score (nSPS) is 21.5. The van der Waals surface area contributed by atoms with Crippen molar-refractivity contribution in [2.24, 2.45) is 5.41 Å². The number of pyridine rings is 1. The molecule has 39 heavy (non-hydrogen) atoms. The minimum atomic E-state index is -0.353. The van der Waals surface area contributed by atoms with Gasteiger partial charge in [0.2, 0.25) is 5.91 Å². The highest BCUT2D eigenvalue weighted by molar-refractivity contribution is 6.06. The van der Waals surface area contributed by atoms with Crippen LogP contribution in [0.15, 0.2) is 42.7 Å². The molecule has 2 aromatic heterocycles. The van der Waals surface area contributed by atoms with Gasteiger partial charge in [-0.3, -0.25) is 19.9 Å². The molecule has 0 bridgehead atoms. The molecule has 4 heterocycles. The van der Waals surface area contributed by atoms with Crippen LogP contribution in [-0.4, -0.2) is 52.6 Å². The number of fused-ring (bicyclic) bond motifs is 1. The van der Waals surface area contributed by atoms with Crippen molar-refractivity contribution in [2.45, 2.75) is 63.8 Å². The Bertz CT molecular complexity index is 1510. The van der Waals surface area contributed by atoms with Crippen LogP contribution in [0.1, 0.15) is 73.6 Å². The van der Waals surface area contributed by atoms with Gasteiger partial charge in [-0.25, -0.2) is 9.78 Å². The van der Waals surface area contributed by atoms with Crippen LogP contribution in [0.2, 0.25) is 0 Å². The summed E-state index contributed by atoms with van der Waals surface area (Å²) >= 11 is 0. The molecule has 2 aliphatic heterocycles. The minimum absolute atomic E-state index is 0.213. The van der Waals surface area contributed by atoms with Gasteiger partial charge in [-0.15, -0.1) is 0 Å². The molecule has 4 fully saturated rings. The molecule has 2 saturated heterocycles. The molecule has 1 spiro atoms. The average molecular weight is 522 g/mol. The number of carbonyl (C=O) groups excluding carboxylic acids is 2. The van der Waals surface area contributed by atoms with Gasteiger partial charge < -0.3 is 4.57 Å². The van der Waals surface area contributed by atoms with Gasteiger partial charge in [0.25, 0.3) is 0 Å². The van der Waals surface area contributed by atoms with E-state index in [1.807, 2.05) is 0 Å². The predicted octanol–water partition coefficient (Wildman–Crippen LogP) is 5.14. The molecule has 200 valence electrons. The van der Waals surface area contributed by atoms with Crippen molar-refractivity contribution < 1.29 is 9.59 Å². The van der Waals surface area contributed by atoms with Gasteiger partial charge in [-0.2, -0.15) is 0 Å². The van der Waals surface area contributed by atoms with Crippen molar-refractivity contribution in [3.63, 3.8) is 0 Å². The maximum atomic E-state index is 12.4. The molecule has 1 aromatic carbocycles. The molecule has 2 saturated carbocycles. The van der Waals surface area contributed by atoms with Crippen molar-refractivity contribution in [3.05, 3.63) is 59.4 Å². The second kappa shape index (κ2) is 9.53. The zero-order valence-corrected chi connectivity index (χ0v) is 22.6. The summed E-state index contributed by atoms with van der Waals surface area (Å²) in [5.74, 6) is 7.10. The summed E-state index contributed by atoms with van der Waals surface area (Å²) < 4.78 is 2.43. The third-order valence-corrected chi connectivity index (χ3v) is 9.27. The molecule has 0 atom stereocenters. The van der Waals surface area contributed by atoms with Crippen LogP contribution in [0.25, 0.3) is 11.0 Å². The third-order valence-electron chi connectivity index (χ3n) is 9.27. The minimum Gasteiger partial charge on any atom is -0.329 e. The highest BCUT2D eigenvalue weighted by atomic mass is 16.2. The number of hydrogen-bond donors (Lipinski definition) is 1. The molecule has 1 N–H and O–H groups in total. The number of urea groups is 1. The summed E-state index contributed by atoms with van der Waals surface area (Å²) in [7, 11) is 0. The van der Waals surface area contributed by atoms with Crippen molar-refractivity contribution in [2.75, 3.05) is 31.1 Å².